The van der Waals surface area contributed by atoms with E-state index in [-0.39, 0.29) is 18.4 Å². The maximum atomic E-state index is 8.95. The van der Waals surface area contributed by atoms with Gasteiger partial charge in [0, 0.05) is 0 Å². The third-order valence-electron chi connectivity index (χ3n) is 0.0333. The van der Waals surface area contributed by atoms with Crippen LogP contribution in [0.15, 0.2) is 0 Å². The van der Waals surface area contributed by atoms with Crippen LogP contribution in [-0.4, -0.2) is 9.10 Å². The monoisotopic (exact) mass is 95.9 g/mol. The van der Waals surface area contributed by atoms with Gasteiger partial charge in [-0.1, -0.05) is 0 Å². The molecule has 0 amide bonds. The Balaban J connectivity index is 3.11. The number of rotatable bonds is 0. The molecule has 0 aromatic rings. The predicted octanol–water partition coefficient (Wildman–Crippen LogP) is -0.0321. The van der Waals surface area contributed by atoms with Crippen LogP contribution in [0.25, 0.3) is 0 Å². The first kappa shape index (κ1) is 4.28. The molecule has 1 N–H and O–H groups in total. The van der Waals surface area contributed by atoms with Gasteiger partial charge in [-0.3, -0.25) is 0 Å². The standard InChI is InChI=1S/HO2PS/c1-3-4-2/h1H. The molecule has 0 atom stereocenters. The first-order valence-electron chi connectivity index (χ1n) is 0.549. The zero-order chi connectivity index (χ0) is 3.41. The van der Waals surface area contributed by atoms with E-state index in [1.165, 1.54) is 0 Å². The average molecular weight is 96.0 g/mol. The van der Waals surface area contributed by atoms with Crippen LogP contribution in [0.3, 0.4) is 0 Å². The molecule has 0 aromatic carbocycles. The highest BCUT2D eigenvalue weighted by Gasteiger charge is 1.34. The highest BCUT2D eigenvalue weighted by molar-refractivity contribution is 7.98. The molecule has 0 heterocycles. The molecule has 0 spiro atoms. The quantitative estimate of drug-likeness (QED) is 0.430. The Morgan fingerprint density at radius 1 is 2.00 bits per heavy atom. The zero-order valence-corrected chi connectivity index (χ0v) is 3.42. The number of hydrogen-bond acceptors (Lipinski definition) is 1. The van der Waals surface area contributed by atoms with Gasteiger partial charge in [-0.2, -0.15) is 0 Å². The van der Waals surface area contributed by atoms with Crippen molar-refractivity contribution in [1.82, 2.24) is 0 Å². The van der Waals surface area contributed by atoms with Crippen molar-refractivity contribution in [1.29, 1.82) is 0 Å². The normalized spacial score (nSPS) is 7.25. The van der Waals surface area contributed by atoms with E-state index < -0.39 is 0 Å². The fourth-order valence-electron chi connectivity index (χ4n) is 0. The Kier molecular flexibility index (Phi) is 3.51. The van der Waals surface area contributed by atoms with Gasteiger partial charge in [0.15, 0.2) is 7.58 Å². The summed E-state index contributed by atoms with van der Waals surface area (Å²) in [5, 5.41) is 0. The lowest BCUT2D eigenvalue weighted by Gasteiger charge is -1.33. The molecule has 0 radical (unpaired) electrons. The summed E-state index contributed by atoms with van der Waals surface area (Å²) in [7, 11) is -0.00617. The minimum atomic E-state index is -0.140. The first-order chi connectivity index (χ1) is 1.91. The SMILES string of the molecule is O=S=PO. The van der Waals surface area contributed by atoms with E-state index in [1.807, 2.05) is 0 Å². The van der Waals surface area contributed by atoms with Crippen LogP contribution in [0.2, 0.25) is 0 Å². The lowest BCUT2D eigenvalue weighted by molar-refractivity contribution is 0.658. The van der Waals surface area contributed by atoms with Gasteiger partial charge in [0.05, 0.1) is 0 Å². The lowest BCUT2D eigenvalue weighted by Crippen LogP contribution is -1.17. The van der Waals surface area contributed by atoms with Crippen LogP contribution in [0.4, 0.5) is 0 Å². The Hall–Kier alpha value is 0.280. The molecular weight excluding hydrogens is 95.0 g/mol. The molecule has 24 valence electrons. The highest BCUT2D eigenvalue weighted by atomic mass is 32.5. The van der Waals surface area contributed by atoms with E-state index in [9.17, 15) is 0 Å². The maximum Gasteiger partial charge on any atom is 0.167 e. The summed E-state index contributed by atoms with van der Waals surface area (Å²) in [5.41, 5.74) is 0. The van der Waals surface area contributed by atoms with Crippen molar-refractivity contribution in [3.05, 3.63) is 0 Å². The fraction of sp³-hybridized carbons (Fsp3) is 0. The topological polar surface area (TPSA) is 37.3 Å². The predicted molar refractivity (Wildman–Crippen MR) is 17.3 cm³/mol. The summed E-state index contributed by atoms with van der Waals surface area (Å²) in [6.07, 6.45) is 0. The van der Waals surface area contributed by atoms with E-state index in [4.69, 9.17) is 9.10 Å². The molecule has 0 aromatic heterocycles. The van der Waals surface area contributed by atoms with Crippen molar-refractivity contribution < 1.29 is 9.10 Å². The van der Waals surface area contributed by atoms with Crippen molar-refractivity contribution in [2.24, 2.45) is 0 Å². The average Bonchev–Trinajstić information content (AvgIpc) is 1.37. The molecule has 0 fully saturated rings. The molecule has 0 aliphatic carbocycles. The Bertz CT molecular complexity index is 44.0. The molecule has 0 saturated heterocycles. The van der Waals surface area contributed by atoms with Crippen molar-refractivity contribution in [2.45, 2.75) is 0 Å². The van der Waals surface area contributed by atoms with E-state index in [0.29, 0.717) is 0 Å². The summed E-state index contributed by atoms with van der Waals surface area (Å²) >= 11 is 0. The highest BCUT2D eigenvalue weighted by Crippen LogP contribution is 1.71. The minimum absolute atomic E-state index is 0.134. The minimum Gasteiger partial charge on any atom is -0.331 e. The molecule has 0 saturated carbocycles. The molecule has 2 nitrogen and oxygen atoms in total. The van der Waals surface area contributed by atoms with E-state index >= 15 is 0 Å². The van der Waals surface area contributed by atoms with Crippen LogP contribution >= 0.6 is 7.58 Å². The Labute approximate surface area is 28.5 Å². The van der Waals surface area contributed by atoms with Crippen molar-refractivity contribution in [2.75, 3.05) is 0 Å². The summed E-state index contributed by atoms with van der Waals surface area (Å²) in [5.74, 6) is 0. The zero-order valence-electron chi connectivity index (χ0n) is 1.71. The summed E-state index contributed by atoms with van der Waals surface area (Å²) in [4.78, 5) is 7.50. The van der Waals surface area contributed by atoms with E-state index in [1.54, 1.807) is 0 Å². The van der Waals surface area contributed by atoms with E-state index in [2.05, 4.69) is 0 Å². The van der Waals surface area contributed by atoms with Crippen LogP contribution in [-0.2, 0) is 10.8 Å². The molecule has 4 heavy (non-hydrogen) atoms. The third-order valence-corrected chi connectivity index (χ3v) is 0.300. The summed E-state index contributed by atoms with van der Waals surface area (Å²) < 4.78 is 8.95. The first-order valence-corrected chi connectivity index (χ1v) is 2.74. The van der Waals surface area contributed by atoms with Gasteiger partial charge in [-0.25, -0.2) is 4.21 Å². The molecule has 0 aliphatic heterocycles. The van der Waals surface area contributed by atoms with E-state index in [0.717, 1.165) is 0 Å². The smallest absolute Gasteiger partial charge is 0.167 e. The largest absolute Gasteiger partial charge is 0.331 e. The second-order valence-electron chi connectivity index (χ2n) is 0.156. The van der Waals surface area contributed by atoms with Gasteiger partial charge in [0.2, 0.25) is 0 Å². The van der Waals surface area contributed by atoms with Crippen molar-refractivity contribution in [3.8, 4) is 0 Å². The lowest BCUT2D eigenvalue weighted by atomic mass is 15.9. The molecule has 4 heteroatoms. The van der Waals surface area contributed by atoms with Crippen molar-refractivity contribution in [3.63, 3.8) is 0 Å². The summed E-state index contributed by atoms with van der Waals surface area (Å²) in [6.45, 7) is 0. The van der Waals surface area contributed by atoms with Crippen molar-refractivity contribution >= 4 is 18.4 Å². The molecule has 0 rings (SSSR count). The molecular formula is HO2PS. The van der Waals surface area contributed by atoms with Gasteiger partial charge in [0.1, 0.15) is 10.8 Å². The van der Waals surface area contributed by atoms with Crippen LogP contribution in [0.5, 0.6) is 0 Å². The second kappa shape index (κ2) is 3.28. The molecule has 0 unspecified atom stereocenters. The molecule has 0 aliphatic rings. The van der Waals surface area contributed by atoms with Gasteiger partial charge in [-0.05, 0) is 0 Å². The van der Waals surface area contributed by atoms with Gasteiger partial charge in [0.25, 0.3) is 0 Å². The van der Waals surface area contributed by atoms with Gasteiger partial charge < -0.3 is 4.89 Å². The van der Waals surface area contributed by atoms with Crippen LogP contribution in [0, 0.1) is 0 Å². The number of hydrogen-bond donors (Lipinski definition) is 1. The summed E-state index contributed by atoms with van der Waals surface area (Å²) in [6, 6.07) is 0. The van der Waals surface area contributed by atoms with Gasteiger partial charge in [-0.15, -0.1) is 0 Å². The Morgan fingerprint density at radius 2 is 2.25 bits per heavy atom. The fourth-order valence-corrected chi connectivity index (χ4v) is 0. The van der Waals surface area contributed by atoms with Crippen LogP contribution < -0.4 is 0 Å². The maximum absolute atomic E-state index is 8.95. The second-order valence-corrected chi connectivity index (χ2v) is 1.41. The Morgan fingerprint density at radius 3 is 2.25 bits per heavy atom. The molecule has 0 bridgehead atoms. The van der Waals surface area contributed by atoms with Crippen LogP contribution in [0.1, 0.15) is 0 Å². The van der Waals surface area contributed by atoms with Gasteiger partial charge >= 0.3 is 0 Å². The third kappa shape index (κ3) is 2.28.